The zero-order chi connectivity index (χ0) is 17.5. The number of unbranched alkanes of at least 4 members (excludes halogenated alkanes) is 4. The number of carbonyl (C=O) groups is 2. The first-order valence-electron chi connectivity index (χ1n) is 9.24. The van der Waals surface area contributed by atoms with Crippen molar-refractivity contribution in [2.45, 2.75) is 90.0 Å². The Balaban J connectivity index is 0.000000438. The number of Topliss-reactive ketones (excluding diaryl/α,β-unsaturated/α-hetero) is 1. The summed E-state index contributed by atoms with van der Waals surface area (Å²) in [7, 11) is 0. The van der Waals surface area contributed by atoms with Gasteiger partial charge < -0.3 is 16.6 Å². The Labute approximate surface area is 141 Å². The fourth-order valence-electron chi connectivity index (χ4n) is 2.81. The predicted molar refractivity (Wildman–Crippen MR) is 94.2 cm³/mol. The van der Waals surface area contributed by atoms with E-state index in [0.29, 0.717) is 24.7 Å². The summed E-state index contributed by atoms with van der Waals surface area (Å²) in [4.78, 5) is 21.6. The molecular formula is C18H36N2O3. The van der Waals surface area contributed by atoms with Crippen LogP contribution in [0.3, 0.4) is 0 Å². The van der Waals surface area contributed by atoms with Crippen molar-refractivity contribution in [1.82, 2.24) is 0 Å². The molecule has 0 aromatic heterocycles. The van der Waals surface area contributed by atoms with Crippen molar-refractivity contribution in [3.63, 3.8) is 0 Å². The lowest BCUT2D eigenvalue weighted by atomic mass is 9.84. The first-order valence-corrected chi connectivity index (χ1v) is 9.24. The topological polar surface area (TPSA) is 106 Å². The van der Waals surface area contributed by atoms with Gasteiger partial charge in [0.05, 0.1) is 0 Å². The molecule has 0 bridgehead atoms. The monoisotopic (exact) mass is 328 g/mol. The number of hydrogen-bond acceptors (Lipinski definition) is 4. The lowest BCUT2D eigenvalue weighted by Crippen LogP contribution is -2.29. The van der Waals surface area contributed by atoms with E-state index in [1.165, 1.54) is 44.9 Å². The Morgan fingerprint density at radius 2 is 1.96 bits per heavy atom. The van der Waals surface area contributed by atoms with Crippen LogP contribution in [0.1, 0.15) is 84.0 Å². The lowest BCUT2D eigenvalue weighted by molar-refractivity contribution is -0.138. The van der Waals surface area contributed by atoms with Gasteiger partial charge in [-0.25, -0.2) is 0 Å². The number of nitrogens with two attached hydrogens (primary N) is 2. The highest BCUT2D eigenvalue weighted by atomic mass is 16.4. The highest BCUT2D eigenvalue weighted by Gasteiger charge is 2.20. The second kappa shape index (κ2) is 14.6. The third-order valence-corrected chi connectivity index (χ3v) is 4.37. The van der Waals surface area contributed by atoms with Crippen LogP contribution in [-0.4, -0.2) is 29.4 Å². The highest BCUT2D eigenvalue weighted by molar-refractivity contribution is 5.81. The Kier molecular flexibility index (Phi) is 14.0. The van der Waals surface area contributed by atoms with Crippen molar-refractivity contribution in [2.75, 3.05) is 6.54 Å². The quantitative estimate of drug-likeness (QED) is 0.534. The predicted octanol–water partition coefficient (Wildman–Crippen LogP) is 3.24. The summed E-state index contributed by atoms with van der Waals surface area (Å²) in [6.07, 6.45) is 13.0. The number of carbonyl (C=O) groups excluding carboxylic acids is 1. The minimum Gasteiger partial charge on any atom is -0.480 e. The van der Waals surface area contributed by atoms with Crippen molar-refractivity contribution >= 4 is 11.8 Å². The molecule has 0 saturated heterocycles. The third kappa shape index (κ3) is 12.2. The van der Waals surface area contributed by atoms with E-state index in [1.54, 1.807) is 0 Å². The number of carboxylic acids is 1. The van der Waals surface area contributed by atoms with Gasteiger partial charge in [-0.1, -0.05) is 45.4 Å². The van der Waals surface area contributed by atoms with Gasteiger partial charge in [0.25, 0.3) is 0 Å². The van der Waals surface area contributed by atoms with Crippen LogP contribution < -0.4 is 11.5 Å². The minimum atomic E-state index is -0.933. The molecule has 2 unspecified atom stereocenters. The van der Waals surface area contributed by atoms with Gasteiger partial charge in [0.2, 0.25) is 0 Å². The molecule has 0 heterocycles. The van der Waals surface area contributed by atoms with Gasteiger partial charge in [0, 0.05) is 12.3 Å². The van der Waals surface area contributed by atoms with Crippen molar-refractivity contribution in [3.05, 3.63) is 0 Å². The Bertz CT molecular complexity index is 321. The van der Waals surface area contributed by atoms with Gasteiger partial charge in [0.1, 0.15) is 11.8 Å². The summed E-state index contributed by atoms with van der Waals surface area (Å²) >= 11 is 0. The molecule has 1 fully saturated rings. The van der Waals surface area contributed by atoms with E-state index in [1.807, 2.05) is 0 Å². The van der Waals surface area contributed by atoms with Crippen LogP contribution in [0.2, 0.25) is 0 Å². The van der Waals surface area contributed by atoms with E-state index in [-0.39, 0.29) is 0 Å². The minimum absolute atomic E-state index is 0.436. The van der Waals surface area contributed by atoms with Crippen molar-refractivity contribution in [3.8, 4) is 0 Å². The molecular weight excluding hydrogens is 292 g/mol. The summed E-state index contributed by atoms with van der Waals surface area (Å²) in [5.41, 5.74) is 10.4. The normalized spacial score (nSPS) is 18.9. The molecule has 0 aromatic carbocycles. The van der Waals surface area contributed by atoms with Crippen LogP contribution in [0.5, 0.6) is 0 Å². The van der Waals surface area contributed by atoms with E-state index in [4.69, 9.17) is 16.6 Å². The summed E-state index contributed by atoms with van der Waals surface area (Å²) in [6, 6.07) is -0.716. The fourth-order valence-corrected chi connectivity index (χ4v) is 2.81. The average Bonchev–Trinajstić information content (AvgIpc) is 2.54. The van der Waals surface area contributed by atoms with Crippen LogP contribution in [0.25, 0.3) is 0 Å². The van der Waals surface area contributed by atoms with Gasteiger partial charge in [-0.05, 0) is 38.6 Å². The van der Waals surface area contributed by atoms with Crippen molar-refractivity contribution in [2.24, 2.45) is 17.4 Å². The number of aliphatic carboxylic acids is 1. The first kappa shape index (κ1) is 22.1. The van der Waals surface area contributed by atoms with Gasteiger partial charge in [-0.2, -0.15) is 0 Å². The average molecular weight is 328 g/mol. The van der Waals surface area contributed by atoms with Crippen LogP contribution in [0.15, 0.2) is 0 Å². The van der Waals surface area contributed by atoms with Crippen molar-refractivity contribution in [1.29, 1.82) is 0 Å². The molecule has 1 rings (SSSR count). The summed E-state index contributed by atoms with van der Waals surface area (Å²) in [6.45, 7) is 2.83. The smallest absolute Gasteiger partial charge is 0.320 e. The van der Waals surface area contributed by atoms with E-state index in [0.717, 1.165) is 25.7 Å². The number of rotatable bonds is 10. The SMILES string of the molecule is CCCCCCC1CCCCC1=O.NCCCCC(N)C(=O)O. The number of carboxylic acid groups (broad SMARTS) is 1. The molecule has 0 aliphatic heterocycles. The number of ketones is 1. The summed E-state index contributed by atoms with van der Waals surface area (Å²) in [5, 5.41) is 8.33. The molecule has 2 atom stereocenters. The maximum atomic E-state index is 11.5. The fraction of sp³-hybridized carbons (Fsp3) is 0.889. The third-order valence-electron chi connectivity index (χ3n) is 4.37. The van der Waals surface area contributed by atoms with Gasteiger partial charge in [-0.15, -0.1) is 0 Å². The van der Waals surface area contributed by atoms with Gasteiger partial charge in [0.15, 0.2) is 0 Å². The van der Waals surface area contributed by atoms with Crippen LogP contribution in [-0.2, 0) is 9.59 Å². The van der Waals surface area contributed by atoms with Crippen molar-refractivity contribution < 1.29 is 14.7 Å². The molecule has 5 nitrogen and oxygen atoms in total. The molecule has 0 spiro atoms. The second-order valence-corrected chi connectivity index (χ2v) is 6.49. The Morgan fingerprint density at radius 1 is 1.22 bits per heavy atom. The molecule has 1 saturated carbocycles. The second-order valence-electron chi connectivity index (χ2n) is 6.49. The largest absolute Gasteiger partial charge is 0.480 e. The Morgan fingerprint density at radius 3 is 2.52 bits per heavy atom. The zero-order valence-electron chi connectivity index (χ0n) is 14.8. The number of hydrogen-bond donors (Lipinski definition) is 3. The molecule has 136 valence electrons. The molecule has 5 heteroatoms. The van der Waals surface area contributed by atoms with Crippen LogP contribution >= 0.6 is 0 Å². The summed E-state index contributed by atoms with van der Waals surface area (Å²) < 4.78 is 0. The van der Waals surface area contributed by atoms with Crippen LogP contribution in [0, 0.1) is 5.92 Å². The van der Waals surface area contributed by atoms with E-state index in [9.17, 15) is 9.59 Å². The zero-order valence-corrected chi connectivity index (χ0v) is 14.8. The standard InChI is InChI=1S/C12H22O.C6H14N2O2/c1-2-3-4-5-8-11-9-6-7-10-12(11)13;7-4-2-1-3-5(8)6(9)10/h11H,2-10H2,1H3;5H,1-4,7-8H2,(H,9,10). The highest BCUT2D eigenvalue weighted by Crippen LogP contribution is 2.25. The Hall–Kier alpha value is -0.940. The summed E-state index contributed by atoms with van der Waals surface area (Å²) in [5.74, 6) is 0.0466. The van der Waals surface area contributed by atoms with Gasteiger partial charge in [-0.3, -0.25) is 9.59 Å². The van der Waals surface area contributed by atoms with E-state index in [2.05, 4.69) is 6.92 Å². The molecule has 1 aliphatic carbocycles. The molecule has 23 heavy (non-hydrogen) atoms. The maximum absolute atomic E-state index is 11.5. The molecule has 1 aliphatic rings. The molecule has 0 amide bonds. The van der Waals surface area contributed by atoms with E-state index >= 15 is 0 Å². The molecule has 0 radical (unpaired) electrons. The lowest BCUT2D eigenvalue weighted by Gasteiger charge is -2.19. The first-order chi connectivity index (χ1) is 11.0. The molecule has 0 aromatic rings. The maximum Gasteiger partial charge on any atom is 0.320 e. The van der Waals surface area contributed by atoms with Gasteiger partial charge >= 0.3 is 5.97 Å². The molecule has 5 N–H and O–H groups in total. The van der Waals surface area contributed by atoms with E-state index < -0.39 is 12.0 Å². The van der Waals surface area contributed by atoms with Crippen LogP contribution in [0.4, 0.5) is 0 Å².